The molecule has 0 atom stereocenters. The molecule has 0 saturated carbocycles. The van der Waals surface area contributed by atoms with E-state index in [1.165, 1.54) is 10.9 Å². The molecule has 10 nitrogen and oxygen atoms in total. The predicted molar refractivity (Wildman–Crippen MR) is 91.7 cm³/mol. The van der Waals surface area contributed by atoms with Crippen LogP contribution in [0.25, 0.3) is 0 Å². The van der Waals surface area contributed by atoms with Gasteiger partial charge in [0.15, 0.2) is 0 Å². The second-order valence-corrected chi connectivity index (χ2v) is 5.88. The fourth-order valence-electron chi connectivity index (χ4n) is 2.59. The summed E-state index contributed by atoms with van der Waals surface area (Å²) in [6, 6.07) is 1.54. The number of aromatic nitrogens is 6. The number of hydrogen-bond donors (Lipinski definition) is 2. The van der Waals surface area contributed by atoms with Crippen molar-refractivity contribution in [2.24, 2.45) is 7.05 Å². The summed E-state index contributed by atoms with van der Waals surface area (Å²) in [4.78, 5) is 23.1. The molecule has 0 aliphatic carbocycles. The lowest BCUT2D eigenvalue weighted by Gasteiger charge is -2.06. The van der Waals surface area contributed by atoms with Crippen molar-refractivity contribution in [1.82, 2.24) is 29.3 Å². The number of carbonyl (C=O) groups is 2. The number of rotatable bonds is 7. The lowest BCUT2D eigenvalue weighted by atomic mass is 10.3. The number of carboxylic acids is 1. The average Bonchev–Trinajstić information content (AvgIpc) is 3.27. The molecule has 0 saturated heterocycles. The zero-order chi connectivity index (χ0) is 18.7. The molecular weight excluding hydrogens is 338 g/mol. The average molecular weight is 357 g/mol. The maximum absolute atomic E-state index is 12.4. The Hall–Kier alpha value is -3.43. The van der Waals surface area contributed by atoms with Crippen molar-refractivity contribution in [1.29, 1.82) is 0 Å². The molecule has 0 fully saturated rings. The lowest BCUT2D eigenvalue weighted by molar-refractivity contribution is -0.137. The van der Waals surface area contributed by atoms with Gasteiger partial charge in [0.25, 0.3) is 5.91 Å². The quantitative estimate of drug-likeness (QED) is 0.648. The van der Waals surface area contributed by atoms with Crippen LogP contribution in [0.2, 0.25) is 0 Å². The first-order valence-electron chi connectivity index (χ1n) is 7.99. The summed E-state index contributed by atoms with van der Waals surface area (Å²) < 4.78 is 4.82. The van der Waals surface area contributed by atoms with Crippen LogP contribution in [0.3, 0.4) is 0 Å². The minimum atomic E-state index is -0.946. The highest BCUT2D eigenvalue weighted by Crippen LogP contribution is 2.12. The molecule has 3 aromatic heterocycles. The normalized spacial score (nSPS) is 10.8. The predicted octanol–water partition coefficient (Wildman–Crippen LogP) is 0.897. The van der Waals surface area contributed by atoms with E-state index in [4.69, 9.17) is 5.11 Å². The van der Waals surface area contributed by atoms with E-state index in [0.29, 0.717) is 17.9 Å². The number of hydrogen-bond acceptors (Lipinski definition) is 5. The van der Waals surface area contributed by atoms with Gasteiger partial charge in [-0.25, -0.2) is 0 Å². The minimum absolute atomic E-state index is 0.107. The maximum Gasteiger partial charge on any atom is 0.305 e. The van der Waals surface area contributed by atoms with Gasteiger partial charge in [-0.05, 0) is 13.0 Å². The van der Waals surface area contributed by atoms with E-state index in [2.05, 4.69) is 20.6 Å². The Kier molecular flexibility index (Phi) is 4.83. The Morgan fingerprint density at radius 1 is 1.27 bits per heavy atom. The van der Waals surface area contributed by atoms with Crippen LogP contribution in [0.15, 0.2) is 30.9 Å². The molecule has 0 unspecified atom stereocenters. The van der Waals surface area contributed by atoms with Gasteiger partial charge in [0, 0.05) is 31.2 Å². The molecule has 3 rings (SSSR count). The lowest BCUT2D eigenvalue weighted by Crippen LogP contribution is -2.18. The van der Waals surface area contributed by atoms with Gasteiger partial charge >= 0.3 is 5.97 Å². The first-order valence-corrected chi connectivity index (χ1v) is 7.99. The van der Waals surface area contributed by atoms with Crippen molar-refractivity contribution in [2.75, 3.05) is 5.32 Å². The van der Waals surface area contributed by atoms with Crippen molar-refractivity contribution in [2.45, 2.75) is 26.4 Å². The van der Waals surface area contributed by atoms with Crippen LogP contribution < -0.4 is 5.32 Å². The largest absolute Gasteiger partial charge is 0.481 e. The summed E-state index contributed by atoms with van der Waals surface area (Å²) >= 11 is 0. The molecular formula is C16H19N7O3. The standard InChI is InChI=1S/C16H19N7O3/c1-11-12(8-21(2)20-11)9-22-10-13(7-18-22)19-16(26)14-3-5-17-23(14)6-4-15(24)25/h3,5,7-8,10H,4,6,9H2,1-2H3,(H,19,26)(H,24,25). The highest BCUT2D eigenvalue weighted by Gasteiger charge is 2.14. The van der Waals surface area contributed by atoms with Crippen molar-refractivity contribution < 1.29 is 14.7 Å². The Bertz CT molecular complexity index is 937. The third-order valence-electron chi connectivity index (χ3n) is 3.83. The number of anilines is 1. The molecule has 136 valence electrons. The molecule has 0 aromatic carbocycles. The highest BCUT2D eigenvalue weighted by atomic mass is 16.4. The summed E-state index contributed by atoms with van der Waals surface area (Å²) in [5.41, 5.74) is 2.81. The zero-order valence-electron chi connectivity index (χ0n) is 14.5. The van der Waals surface area contributed by atoms with E-state index in [0.717, 1.165) is 11.3 Å². The SMILES string of the molecule is Cc1nn(C)cc1Cn1cc(NC(=O)c2ccnn2CCC(=O)O)cn1. The fraction of sp³-hybridized carbons (Fsp3) is 0.312. The summed E-state index contributed by atoms with van der Waals surface area (Å²) in [5.74, 6) is -1.32. The van der Waals surface area contributed by atoms with E-state index < -0.39 is 5.97 Å². The number of carbonyl (C=O) groups excluding carboxylic acids is 1. The van der Waals surface area contributed by atoms with Crippen LogP contribution >= 0.6 is 0 Å². The first-order chi connectivity index (χ1) is 12.4. The molecule has 0 radical (unpaired) electrons. The molecule has 2 N–H and O–H groups in total. The summed E-state index contributed by atoms with van der Waals surface area (Å²) in [7, 11) is 1.86. The van der Waals surface area contributed by atoms with Gasteiger partial charge in [-0.2, -0.15) is 15.3 Å². The number of amides is 1. The van der Waals surface area contributed by atoms with Crippen molar-refractivity contribution >= 4 is 17.6 Å². The van der Waals surface area contributed by atoms with Gasteiger partial charge < -0.3 is 10.4 Å². The molecule has 10 heteroatoms. The number of aryl methyl sites for hydroxylation is 3. The van der Waals surface area contributed by atoms with Crippen LogP contribution in [-0.4, -0.2) is 46.3 Å². The summed E-state index contributed by atoms with van der Waals surface area (Å²) in [5, 5.41) is 24.0. The van der Waals surface area contributed by atoms with E-state index in [1.54, 1.807) is 27.8 Å². The van der Waals surface area contributed by atoms with E-state index >= 15 is 0 Å². The third kappa shape index (κ3) is 3.97. The second-order valence-electron chi connectivity index (χ2n) is 5.88. The van der Waals surface area contributed by atoms with Crippen LogP contribution in [0, 0.1) is 6.92 Å². The molecule has 26 heavy (non-hydrogen) atoms. The number of nitrogens with zero attached hydrogens (tertiary/aromatic N) is 6. The van der Waals surface area contributed by atoms with Gasteiger partial charge in [0.05, 0.1) is 37.1 Å². The van der Waals surface area contributed by atoms with Crippen LogP contribution in [0.1, 0.15) is 28.2 Å². The van der Waals surface area contributed by atoms with E-state index in [1.807, 2.05) is 20.2 Å². The number of nitrogens with one attached hydrogen (secondary N) is 1. The smallest absolute Gasteiger partial charge is 0.305 e. The molecule has 0 aliphatic rings. The second kappa shape index (κ2) is 7.21. The zero-order valence-corrected chi connectivity index (χ0v) is 14.5. The molecule has 1 amide bonds. The summed E-state index contributed by atoms with van der Waals surface area (Å²) in [6.45, 7) is 2.61. The third-order valence-corrected chi connectivity index (χ3v) is 3.83. The molecule has 3 heterocycles. The van der Waals surface area contributed by atoms with E-state index in [9.17, 15) is 9.59 Å². The molecule has 0 spiro atoms. The van der Waals surface area contributed by atoms with Crippen molar-refractivity contribution in [3.8, 4) is 0 Å². The van der Waals surface area contributed by atoms with Crippen LogP contribution in [0.4, 0.5) is 5.69 Å². The van der Waals surface area contributed by atoms with Gasteiger partial charge in [0.1, 0.15) is 5.69 Å². The van der Waals surface area contributed by atoms with Crippen LogP contribution in [-0.2, 0) is 24.9 Å². The van der Waals surface area contributed by atoms with Crippen molar-refractivity contribution in [3.63, 3.8) is 0 Å². The van der Waals surface area contributed by atoms with Gasteiger partial charge in [-0.1, -0.05) is 0 Å². The molecule has 3 aromatic rings. The monoisotopic (exact) mass is 357 g/mol. The maximum atomic E-state index is 12.4. The number of aliphatic carboxylic acids is 1. The Morgan fingerprint density at radius 2 is 2.08 bits per heavy atom. The number of carboxylic acid groups (broad SMARTS) is 1. The summed E-state index contributed by atoms with van der Waals surface area (Å²) in [6.07, 6.45) is 6.57. The Morgan fingerprint density at radius 3 is 2.77 bits per heavy atom. The fourth-order valence-corrected chi connectivity index (χ4v) is 2.59. The highest BCUT2D eigenvalue weighted by molar-refractivity contribution is 6.02. The first kappa shape index (κ1) is 17.4. The van der Waals surface area contributed by atoms with Crippen molar-refractivity contribution in [3.05, 3.63) is 47.8 Å². The Labute approximate surface area is 149 Å². The Balaban J connectivity index is 1.66. The van der Waals surface area contributed by atoms with Gasteiger partial charge in [-0.3, -0.25) is 23.6 Å². The molecule has 0 aliphatic heterocycles. The van der Waals surface area contributed by atoms with Gasteiger partial charge in [-0.15, -0.1) is 0 Å². The van der Waals surface area contributed by atoms with Crippen LogP contribution in [0.5, 0.6) is 0 Å². The minimum Gasteiger partial charge on any atom is -0.481 e. The topological polar surface area (TPSA) is 120 Å². The van der Waals surface area contributed by atoms with Gasteiger partial charge in [0.2, 0.25) is 0 Å². The molecule has 0 bridgehead atoms. The van der Waals surface area contributed by atoms with E-state index in [-0.39, 0.29) is 18.9 Å².